The summed E-state index contributed by atoms with van der Waals surface area (Å²) in [6.07, 6.45) is 6.41. The van der Waals surface area contributed by atoms with Crippen LogP contribution in [0.15, 0.2) is 67.1 Å². The SMILES string of the molecule is CC(c1ccccc1)N1CCC[C@H](C(=O)NCCc2cncn2Cc2ccc(C#N)cc2)C1. The first-order valence-corrected chi connectivity index (χ1v) is 11.7. The maximum Gasteiger partial charge on any atom is 0.224 e. The van der Waals surface area contributed by atoms with Crippen molar-refractivity contribution in [2.75, 3.05) is 19.6 Å². The quantitative estimate of drug-likeness (QED) is 0.575. The highest BCUT2D eigenvalue weighted by Crippen LogP contribution is 2.26. The fraction of sp³-hybridized carbons (Fsp3) is 0.370. The molecule has 1 amide bonds. The Labute approximate surface area is 195 Å². The zero-order valence-corrected chi connectivity index (χ0v) is 19.2. The largest absolute Gasteiger partial charge is 0.355 e. The lowest BCUT2D eigenvalue weighted by Crippen LogP contribution is -2.44. The molecule has 4 rings (SSSR count). The molecule has 1 aliphatic rings. The summed E-state index contributed by atoms with van der Waals surface area (Å²) in [4.78, 5) is 19.6. The number of aromatic nitrogens is 2. The Morgan fingerprint density at radius 2 is 2.00 bits per heavy atom. The van der Waals surface area contributed by atoms with Crippen molar-refractivity contribution in [3.8, 4) is 6.07 Å². The standard InChI is InChI=1S/C27H31N5O/c1-21(24-6-3-2-4-7-24)31-15-5-8-25(19-31)27(33)30-14-13-26-17-29-20-32(26)18-23-11-9-22(16-28)10-12-23/h2-4,6-7,9-12,17,20-21,25H,5,8,13-15,18-19H2,1H3,(H,30,33)/t21?,25-/m0/s1. The molecule has 0 bridgehead atoms. The van der Waals surface area contributed by atoms with Crippen molar-refractivity contribution in [1.82, 2.24) is 19.8 Å². The molecule has 0 aliphatic carbocycles. The third-order valence-corrected chi connectivity index (χ3v) is 6.57. The second kappa shape index (κ2) is 10.9. The molecule has 3 aromatic rings. The predicted octanol–water partition coefficient (Wildman–Crippen LogP) is 3.93. The Bertz CT molecular complexity index is 1080. The molecule has 1 unspecified atom stereocenters. The number of amides is 1. The first kappa shape index (κ1) is 22.8. The van der Waals surface area contributed by atoms with Gasteiger partial charge in [0.15, 0.2) is 0 Å². The van der Waals surface area contributed by atoms with Gasteiger partial charge in [-0.1, -0.05) is 42.5 Å². The molecule has 1 N–H and O–H groups in total. The van der Waals surface area contributed by atoms with Gasteiger partial charge in [-0.15, -0.1) is 0 Å². The van der Waals surface area contributed by atoms with E-state index >= 15 is 0 Å². The van der Waals surface area contributed by atoms with Gasteiger partial charge in [-0.2, -0.15) is 5.26 Å². The number of likely N-dealkylation sites (tertiary alicyclic amines) is 1. The minimum Gasteiger partial charge on any atom is -0.355 e. The van der Waals surface area contributed by atoms with Crippen molar-refractivity contribution in [2.24, 2.45) is 5.92 Å². The average Bonchev–Trinajstić information content (AvgIpc) is 3.31. The molecule has 6 heteroatoms. The van der Waals surface area contributed by atoms with Crippen LogP contribution in [0.25, 0.3) is 0 Å². The summed E-state index contributed by atoms with van der Waals surface area (Å²) in [6, 6.07) is 20.6. The summed E-state index contributed by atoms with van der Waals surface area (Å²) in [5, 5.41) is 12.1. The molecule has 1 aliphatic heterocycles. The van der Waals surface area contributed by atoms with Crippen LogP contribution in [0.3, 0.4) is 0 Å². The van der Waals surface area contributed by atoms with Crippen molar-refractivity contribution < 1.29 is 4.79 Å². The molecular weight excluding hydrogens is 410 g/mol. The van der Waals surface area contributed by atoms with Crippen molar-refractivity contribution >= 4 is 5.91 Å². The van der Waals surface area contributed by atoms with Crippen molar-refractivity contribution in [1.29, 1.82) is 5.26 Å². The number of nitriles is 1. The summed E-state index contributed by atoms with van der Waals surface area (Å²) in [5.74, 6) is 0.187. The Morgan fingerprint density at radius 3 is 2.76 bits per heavy atom. The van der Waals surface area contributed by atoms with E-state index < -0.39 is 0 Å². The molecule has 2 heterocycles. The molecule has 0 radical (unpaired) electrons. The van der Waals surface area contributed by atoms with Gasteiger partial charge in [0.05, 0.1) is 23.9 Å². The van der Waals surface area contributed by atoms with Gasteiger partial charge in [0, 0.05) is 44.0 Å². The molecule has 33 heavy (non-hydrogen) atoms. The highest BCUT2D eigenvalue weighted by molar-refractivity contribution is 5.79. The smallest absolute Gasteiger partial charge is 0.224 e. The Hall–Kier alpha value is -3.43. The highest BCUT2D eigenvalue weighted by atomic mass is 16.1. The Balaban J connectivity index is 1.27. The molecular formula is C27H31N5O. The van der Waals surface area contributed by atoms with Crippen molar-refractivity contribution in [3.63, 3.8) is 0 Å². The van der Waals surface area contributed by atoms with Gasteiger partial charge in [0.1, 0.15) is 0 Å². The van der Waals surface area contributed by atoms with Crippen LogP contribution in [0.2, 0.25) is 0 Å². The number of benzene rings is 2. The average molecular weight is 442 g/mol. The number of nitrogens with one attached hydrogen (secondary N) is 1. The van der Waals surface area contributed by atoms with Crippen LogP contribution in [-0.2, 0) is 17.8 Å². The Kier molecular flexibility index (Phi) is 7.54. The van der Waals surface area contributed by atoms with Gasteiger partial charge >= 0.3 is 0 Å². The molecule has 6 nitrogen and oxygen atoms in total. The number of hydrogen-bond acceptors (Lipinski definition) is 4. The number of imidazole rings is 1. The van der Waals surface area contributed by atoms with Gasteiger partial charge in [0.25, 0.3) is 0 Å². The van der Waals surface area contributed by atoms with Crippen molar-refractivity contribution in [2.45, 2.75) is 38.8 Å². The zero-order chi connectivity index (χ0) is 23.0. The molecule has 0 spiro atoms. The predicted molar refractivity (Wildman–Crippen MR) is 128 cm³/mol. The van der Waals surface area contributed by atoms with Gasteiger partial charge in [-0.25, -0.2) is 4.98 Å². The summed E-state index contributed by atoms with van der Waals surface area (Å²) in [6.45, 7) is 5.37. The number of hydrogen-bond donors (Lipinski definition) is 1. The van der Waals surface area contributed by atoms with Crippen LogP contribution in [0.1, 0.15) is 48.2 Å². The lowest BCUT2D eigenvalue weighted by atomic mass is 9.94. The van der Waals surface area contributed by atoms with E-state index in [0.717, 1.165) is 43.6 Å². The van der Waals surface area contributed by atoms with Crippen molar-refractivity contribution in [3.05, 3.63) is 89.5 Å². The van der Waals surface area contributed by atoms with E-state index in [9.17, 15) is 4.79 Å². The van der Waals surface area contributed by atoms with Gasteiger partial charge in [-0.3, -0.25) is 9.69 Å². The highest BCUT2D eigenvalue weighted by Gasteiger charge is 2.28. The Morgan fingerprint density at radius 1 is 1.21 bits per heavy atom. The fourth-order valence-corrected chi connectivity index (χ4v) is 4.55. The number of rotatable bonds is 8. The summed E-state index contributed by atoms with van der Waals surface area (Å²) in [7, 11) is 0. The van der Waals surface area contributed by atoms with Gasteiger partial charge in [0.2, 0.25) is 5.91 Å². The molecule has 2 atom stereocenters. The second-order valence-corrected chi connectivity index (χ2v) is 8.78. The first-order valence-electron chi connectivity index (χ1n) is 11.7. The number of carbonyl (C=O) groups excluding carboxylic acids is 1. The molecule has 1 saturated heterocycles. The minimum absolute atomic E-state index is 0.0356. The van der Waals surface area contributed by atoms with E-state index in [0.29, 0.717) is 24.7 Å². The lowest BCUT2D eigenvalue weighted by Gasteiger charge is -2.36. The number of piperidine rings is 1. The third kappa shape index (κ3) is 5.88. The van der Waals surface area contributed by atoms with Gasteiger partial charge in [-0.05, 0) is 49.6 Å². The van der Waals surface area contributed by atoms with Crippen LogP contribution in [-0.4, -0.2) is 40.0 Å². The lowest BCUT2D eigenvalue weighted by molar-refractivity contribution is -0.127. The van der Waals surface area contributed by atoms with E-state index in [2.05, 4.69) is 57.0 Å². The summed E-state index contributed by atoms with van der Waals surface area (Å²) < 4.78 is 2.09. The van der Waals surface area contributed by atoms with Crippen LogP contribution < -0.4 is 5.32 Å². The monoisotopic (exact) mass is 441 g/mol. The fourth-order valence-electron chi connectivity index (χ4n) is 4.55. The van der Waals surface area contributed by atoms with Crippen LogP contribution in [0.5, 0.6) is 0 Å². The second-order valence-electron chi connectivity index (χ2n) is 8.78. The van der Waals surface area contributed by atoms with Crippen LogP contribution >= 0.6 is 0 Å². The topological polar surface area (TPSA) is 74.0 Å². The molecule has 1 fully saturated rings. The maximum absolute atomic E-state index is 12.9. The number of nitrogens with zero attached hydrogens (tertiary/aromatic N) is 4. The molecule has 2 aromatic carbocycles. The number of carbonyl (C=O) groups is 1. The van der Waals surface area contributed by atoms with Crippen LogP contribution in [0, 0.1) is 17.2 Å². The van der Waals surface area contributed by atoms with Gasteiger partial charge < -0.3 is 9.88 Å². The summed E-state index contributed by atoms with van der Waals surface area (Å²) in [5.41, 5.74) is 4.16. The molecule has 1 aromatic heterocycles. The van der Waals surface area contributed by atoms with Crippen LogP contribution in [0.4, 0.5) is 0 Å². The van der Waals surface area contributed by atoms with E-state index in [1.165, 1.54) is 5.56 Å². The van der Waals surface area contributed by atoms with E-state index in [-0.39, 0.29) is 11.8 Å². The molecule has 170 valence electrons. The minimum atomic E-state index is 0.0356. The maximum atomic E-state index is 12.9. The molecule has 0 saturated carbocycles. The zero-order valence-electron chi connectivity index (χ0n) is 19.2. The van der Waals surface area contributed by atoms with E-state index in [1.807, 2.05) is 42.9 Å². The third-order valence-electron chi connectivity index (χ3n) is 6.57. The van der Waals surface area contributed by atoms with E-state index in [1.54, 1.807) is 0 Å². The van der Waals surface area contributed by atoms with E-state index in [4.69, 9.17) is 5.26 Å². The first-order chi connectivity index (χ1) is 16.1. The summed E-state index contributed by atoms with van der Waals surface area (Å²) >= 11 is 0. The normalized spacial score (nSPS) is 17.3.